The Hall–Kier alpha value is -3.08. The highest BCUT2D eigenvalue weighted by atomic mass is 16.4. The molecule has 0 saturated heterocycles. The summed E-state index contributed by atoms with van der Waals surface area (Å²) in [6.45, 7) is 0. The van der Waals surface area contributed by atoms with E-state index in [1.807, 2.05) is 30.3 Å². The average Bonchev–Trinajstić information content (AvgIpc) is 2.76. The molecule has 1 atom stereocenters. The van der Waals surface area contributed by atoms with E-state index < -0.39 is 7.12 Å². The Bertz CT molecular complexity index is 981. The van der Waals surface area contributed by atoms with Crippen LogP contribution in [0.3, 0.4) is 0 Å². The molecule has 0 aliphatic heterocycles. The zero-order valence-electron chi connectivity index (χ0n) is 15.5. The zero-order chi connectivity index (χ0) is 19.3. The fourth-order valence-electron chi connectivity index (χ4n) is 3.56. The molecule has 138 valence electrons. The normalized spacial score (nSPS) is 15.4. The molecule has 28 heavy (non-hydrogen) atoms. The summed E-state index contributed by atoms with van der Waals surface area (Å²) < 4.78 is 0. The summed E-state index contributed by atoms with van der Waals surface area (Å²) in [4.78, 5) is 2.29. The summed E-state index contributed by atoms with van der Waals surface area (Å²) in [6, 6.07) is 26.5. The molecule has 2 N–H and O–H groups in total. The highest BCUT2D eigenvalue weighted by molar-refractivity contribution is 6.58. The van der Waals surface area contributed by atoms with Crippen LogP contribution in [0.15, 0.2) is 103 Å². The molecule has 3 aromatic rings. The van der Waals surface area contributed by atoms with Crippen molar-refractivity contribution in [2.24, 2.45) is 0 Å². The van der Waals surface area contributed by atoms with Gasteiger partial charge in [-0.05, 0) is 47.3 Å². The van der Waals surface area contributed by atoms with Crippen molar-refractivity contribution in [3.8, 4) is 11.1 Å². The van der Waals surface area contributed by atoms with Crippen LogP contribution in [0.2, 0.25) is 0 Å². The number of hydrogen-bond acceptors (Lipinski definition) is 3. The molecule has 4 rings (SSSR count). The van der Waals surface area contributed by atoms with Crippen molar-refractivity contribution in [2.75, 3.05) is 4.90 Å². The molecule has 1 unspecified atom stereocenters. The SMILES string of the molecule is OB(O)c1ccc(N(c2cccc(-c3ccccc3)c2)C2C=CC=CC2)cc1. The fourth-order valence-corrected chi connectivity index (χ4v) is 3.56. The predicted molar refractivity (Wildman–Crippen MR) is 117 cm³/mol. The van der Waals surface area contributed by atoms with Crippen LogP contribution in [0.4, 0.5) is 11.4 Å². The highest BCUT2D eigenvalue weighted by Gasteiger charge is 2.20. The first-order chi connectivity index (χ1) is 13.7. The van der Waals surface area contributed by atoms with E-state index in [0.717, 1.165) is 17.8 Å². The number of nitrogens with zero attached hydrogens (tertiary/aromatic N) is 1. The highest BCUT2D eigenvalue weighted by Crippen LogP contribution is 2.33. The Morgan fingerprint density at radius 3 is 2.18 bits per heavy atom. The summed E-state index contributed by atoms with van der Waals surface area (Å²) in [5.74, 6) is 0. The van der Waals surface area contributed by atoms with Crippen LogP contribution in [0.5, 0.6) is 0 Å². The second-order valence-corrected chi connectivity index (χ2v) is 6.87. The maximum Gasteiger partial charge on any atom is 0.488 e. The molecule has 3 nitrogen and oxygen atoms in total. The van der Waals surface area contributed by atoms with Crippen molar-refractivity contribution < 1.29 is 10.0 Å². The van der Waals surface area contributed by atoms with Crippen molar-refractivity contribution in [1.29, 1.82) is 0 Å². The standard InChI is InChI=1S/C24H22BNO2/c27-25(28)21-14-16-23(17-15-21)26(22-11-5-2-6-12-22)24-13-7-10-20(18-24)19-8-3-1-4-9-19/h1-11,13-18,22,27-28H,12H2. The third-order valence-electron chi connectivity index (χ3n) is 4.99. The van der Waals surface area contributed by atoms with Crippen molar-refractivity contribution in [2.45, 2.75) is 12.5 Å². The summed E-state index contributed by atoms with van der Waals surface area (Å²) in [7, 11) is -1.46. The van der Waals surface area contributed by atoms with Crippen molar-refractivity contribution >= 4 is 24.0 Å². The van der Waals surface area contributed by atoms with Gasteiger partial charge in [-0.1, -0.05) is 78.9 Å². The van der Waals surface area contributed by atoms with Crippen molar-refractivity contribution in [3.05, 3.63) is 103 Å². The van der Waals surface area contributed by atoms with Crippen LogP contribution in [0.1, 0.15) is 6.42 Å². The molecule has 0 spiro atoms. The molecule has 0 bridgehead atoms. The number of benzene rings is 3. The van der Waals surface area contributed by atoms with Gasteiger partial charge in [-0.15, -0.1) is 0 Å². The first-order valence-corrected chi connectivity index (χ1v) is 9.46. The Morgan fingerprint density at radius 1 is 0.750 bits per heavy atom. The fraction of sp³-hybridized carbons (Fsp3) is 0.0833. The van der Waals surface area contributed by atoms with Crippen LogP contribution < -0.4 is 10.4 Å². The topological polar surface area (TPSA) is 43.7 Å². The van der Waals surface area contributed by atoms with Gasteiger partial charge >= 0.3 is 7.12 Å². The molecular weight excluding hydrogens is 345 g/mol. The van der Waals surface area contributed by atoms with Gasteiger partial charge in [0.05, 0.1) is 6.04 Å². The van der Waals surface area contributed by atoms with Gasteiger partial charge in [0, 0.05) is 11.4 Å². The summed E-state index contributed by atoms with van der Waals surface area (Å²) in [5.41, 5.74) is 4.95. The minimum Gasteiger partial charge on any atom is -0.423 e. The Morgan fingerprint density at radius 2 is 1.50 bits per heavy atom. The summed E-state index contributed by atoms with van der Waals surface area (Å²) in [5, 5.41) is 18.8. The number of rotatable bonds is 5. The lowest BCUT2D eigenvalue weighted by molar-refractivity contribution is 0.426. The first kappa shape index (κ1) is 18.3. The third-order valence-corrected chi connectivity index (χ3v) is 4.99. The molecule has 0 saturated carbocycles. The van der Waals surface area contributed by atoms with E-state index in [-0.39, 0.29) is 6.04 Å². The number of hydrogen-bond donors (Lipinski definition) is 2. The van der Waals surface area contributed by atoms with Gasteiger partial charge in [0.1, 0.15) is 0 Å². The van der Waals surface area contributed by atoms with Crippen LogP contribution in [0, 0.1) is 0 Å². The van der Waals surface area contributed by atoms with Crippen molar-refractivity contribution in [3.63, 3.8) is 0 Å². The molecule has 1 aliphatic carbocycles. The van der Waals surface area contributed by atoms with Gasteiger partial charge in [0.25, 0.3) is 0 Å². The van der Waals surface area contributed by atoms with Crippen LogP contribution in [-0.2, 0) is 0 Å². The number of allylic oxidation sites excluding steroid dienone is 2. The second-order valence-electron chi connectivity index (χ2n) is 6.87. The van der Waals surface area contributed by atoms with E-state index in [1.165, 1.54) is 11.1 Å². The zero-order valence-corrected chi connectivity index (χ0v) is 15.5. The van der Waals surface area contributed by atoms with E-state index in [2.05, 4.69) is 65.6 Å². The maximum atomic E-state index is 9.40. The molecule has 0 heterocycles. The second kappa shape index (κ2) is 8.30. The van der Waals surface area contributed by atoms with Gasteiger partial charge < -0.3 is 14.9 Å². The van der Waals surface area contributed by atoms with Crippen LogP contribution in [0.25, 0.3) is 11.1 Å². The van der Waals surface area contributed by atoms with Gasteiger partial charge in [-0.3, -0.25) is 0 Å². The predicted octanol–water partition coefficient (Wildman–Crippen LogP) is 4.06. The number of anilines is 2. The van der Waals surface area contributed by atoms with Gasteiger partial charge in [-0.25, -0.2) is 0 Å². The van der Waals surface area contributed by atoms with E-state index in [9.17, 15) is 10.0 Å². The molecule has 1 aliphatic rings. The Kier molecular flexibility index (Phi) is 5.42. The molecule has 0 amide bonds. The lowest BCUT2D eigenvalue weighted by Crippen LogP contribution is -2.32. The van der Waals surface area contributed by atoms with E-state index >= 15 is 0 Å². The smallest absolute Gasteiger partial charge is 0.423 e. The average molecular weight is 367 g/mol. The van der Waals surface area contributed by atoms with E-state index in [4.69, 9.17) is 0 Å². The summed E-state index contributed by atoms with van der Waals surface area (Å²) in [6.07, 6.45) is 9.43. The molecule has 0 radical (unpaired) electrons. The van der Waals surface area contributed by atoms with Gasteiger partial charge in [0.2, 0.25) is 0 Å². The quantitative estimate of drug-likeness (QED) is 0.669. The third kappa shape index (κ3) is 3.93. The van der Waals surface area contributed by atoms with E-state index in [0.29, 0.717) is 5.46 Å². The van der Waals surface area contributed by atoms with Crippen LogP contribution in [-0.4, -0.2) is 23.2 Å². The monoisotopic (exact) mass is 367 g/mol. The van der Waals surface area contributed by atoms with E-state index in [1.54, 1.807) is 12.1 Å². The molecule has 0 aromatic heterocycles. The first-order valence-electron chi connectivity index (χ1n) is 9.46. The molecule has 4 heteroatoms. The molecular formula is C24H22BNO2. The maximum absolute atomic E-state index is 9.40. The van der Waals surface area contributed by atoms with Crippen molar-refractivity contribution in [1.82, 2.24) is 0 Å². The largest absolute Gasteiger partial charge is 0.488 e. The minimum absolute atomic E-state index is 0.195. The Balaban J connectivity index is 1.75. The Labute approximate surface area is 166 Å². The minimum atomic E-state index is -1.46. The van der Waals surface area contributed by atoms with Gasteiger partial charge in [0.15, 0.2) is 0 Å². The molecule has 0 fully saturated rings. The summed E-state index contributed by atoms with van der Waals surface area (Å²) >= 11 is 0. The van der Waals surface area contributed by atoms with Crippen LogP contribution >= 0.6 is 0 Å². The lowest BCUT2D eigenvalue weighted by atomic mass is 9.80. The molecule has 3 aromatic carbocycles. The lowest BCUT2D eigenvalue weighted by Gasteiger charge is -2.33. The van der Waals surface area contributed by atoms with Gasteiger partial charge in [-0.2, -0.15) is 0 Å².